The second-order valence-corrected chi connectivity index (χ2v) is 8.69. The van der Waals surface area contributed by atoms with E-state index in [0.717, 1.165) is 10.8 Å². The maximum Gasteiger partial charge on any atom is 0.295 e. The molecular weight excluding hydrogens is 461 g/mol. The number of benzene rings is 4. The van der Waals surface area contributed by atoms with Crippen molar-refractivity contribution >= 4 is 28.2 Å². The van der Waals surface area contributed by atoms with E-state index < -0.39 is 23.5 Å². The van der Waals surface area contributed by atoms with E-state index in [2.05, 4.69) is 0 Å². The number of aliphatic hydroxyl groups is 1. The number of carbonyl (C=O) groups excluding carboxylic acids is 2. The number of likely N-dealkylation sites (tertiary alicyclic amines) is 1. The fourth-order valence-corrected chi connectivity index (χ4v) is 4.84. The lowest BCUT2D eigenvalue weighted by Gasteiger charge is -2.26. The molecule has 0 radical (unpaired) electrons. The molecule has 1 saturated heterocycles. The van der Waals surface area contributed by atoms with Crippen LogP contribution in [0, 0.1) is 5.82 Å². The van der Waals surface area contributed by atoms with Crippen LogP contribution in [0.5, 0.6) is 11.5 Å². The number of halogens is 1. The molecule has 0 aromatic heterocycles. The van der Waals surface area contributed by atoms with Crippen molar-refractivity contribution in [2.75, 3.05) is 6.79 Å². The van der Waals surface area contributed by atoms with Gasteiger partial charge in [0.15, 0.2) is 11.5 Å². The summed E-state index contributed by atoms with van der Waals surface area (Å²) in [7, 11) is 0. The van der Waals surface area contributed by atoms with E-state index >= 15 is 0 Å². The van der Waals surface area contributed by atoms with Gasteiger partial charge in [-0.15, -0.1) is 0 Å². The van der Waals surface area contributed by atoms with Crippen molar-refractivity contribution in [3.8, 4) is 11.5 Å². The van der Waals surface area contributed by atoms with Gasteiger partial charge in [0.25, 0.3) is 11.7 Å². The third kappa shape index (κ3) is 3.56. The van der Waals surface area contributed by atoms with Crippen LogP contribution < -0.4 is 9.47 Å². The van der Waals surface area contributed by atoms with Gasteiger partial charge in [0.2, 0.25) is 6.79 Å². The minimum absolute atomic E-state index is 0.0164. The van der Waals surface area contributed by atoms with Gasteiger partial charge in [-0.3, -0.25) is 9.59 Å². The quantitative estimate of drug-likeness (QED) is 0.242. The number of carbonyl (C=O) groups is 2. The zero-order valence-electron chi connectivity index (χ0n) is 19.0. The summed E-state index contributed by atoms with van der Waals surface area (Å²) < 4.78 is 24.3. The van der Waals surface area contributed by atoms with Crippen LogP contribution >= 0.6 is 0 Å². The maximum atomic E-state index is 13.5. The van der Waals surface area contributed by atoms with Crippen LogP contribution in [0.25, 0.3) is 16.5 Å². The molecule has 4 aromatic carbocycles. The first kappa shape index (κ1) is 21.9. The van der Waals surface area contributed by atoms with Gasteiger partial charge in [-0.1, -0.05) is 54.6 Å². The number of aliphatic hydroxyl groups excluding tert-OH is 1. The molecular formula is C29H20FNO5. The van der Waals surface area contributed by atoms with Gasteiger partial charge >= 0.3 is 0 Å². The smallest absolute Gasteiger partial charge is 0.295 e. The summed E-state index contributed by atoms with van der Waals surface area (Å²) >= 11 is 0. The van der Waals surface area contributed by atoms with Crippen LogP contribution in [0.4, 0.5) is 4.39 Å². The van der Waals surface area contributed by atoms with Gasteiger partial charge in [0, 0.05) is 12.1 Å². The van der Waals surface area contributed by atoms with E-state index in [1.54, 1.807) is 30.3 Å². The molecule has 4 aromatic rings. The zero-order valence-corrected chi connectivity index (χ0v) is 19.0. The molecule has 0 bridgehead atoms. The average Bonchev–Trinajstić information content (AvgIpc) is 3.47. The number of hydrogen-bond donors (Lipinski definition) is 1. The summed E-state index contributed by atoms with van der Waals surface area (Å²) in [4.78, 5) is 28.2. The summed E-state index contributed by atoms with van der Waals surface area (Å²) in [5.74, 6) is -1.24. The molecule has 36 heavy (non-hydrogen) atoms. The molecule has 6 nitrogen and oxygen atoms in total. The standard InChI is InChI=1S/C29H20FNO5/c30-20-11-8-17(9-12-20)15-31-26(22-7-3-5-18-4-1-2-6-21(18)22)25(28(33)29(31)34)27(32)19-10-13-23-24(14-19)36-16-35-23/h1-14,26,32H,15-16H2/b27-25-. The van der Waals surface area contributed by atoms with Crippen LogP contribution in [0.3, 0.4) is 0 Å². The van der Waals surface area contributed by atoms with E-state index in [0.29, 0.717) is 28.2 Å². The Morgan fingerprint density at radius 2 is 1.67 bits per heavy atom. The molecule has 1 N–H and O–H groups in total. The Bertz CT molecular complexity index is 1550. The number of rotatable bonds is 4. The predicted octanol–water partition coefficient (Wildman–Crippen LogP) is 5.33. The number of ether oxygens (including phenoxy) is 2. The molecule has 1 unspecified atom stereocenters. The van der Waals surface area contributed by atoms with Gasteiger partial charge in [-0.05, 0) is 52.2 Å². The highest BCUT2D eigenvalue weighted by molar-refractivity contribution is 6.46. The Kier molecular flexibility index (Phi) is 5.18. The fourth-order valence-electron chi connectivity index (χ4n) is 4.84. The number of Topliss-reactive ketones (excluding diaryl/α,β-unsaturated/α-hetero) is 1. The van der Waals surface area contributed by atoms with Gasteiger partial charge in [0.1, 0.15) is 11.6 Å². The molecule has 6 rings (SSSR count). The third-order valence-electron chi connectivity index (χ3n) is 6.57. The highest BCUT2D eigenvalue weighted by atomic mass is 19.1. The molecule has 0 spiro atoms. The van der Waals surface area contributed by atoms with Crippen molar-refractivity contribution in [1.29, 1.82) is 0 Å². The van der Waals surface area contributed by atoms with Crippen LogP contribution in [0.15, 0.2) is 90.5 Å². The van der Waals surface area contributed by atoms with Crippen molar-refractivity contribution in [1.82, 2.24) is 4.90 Å². The average molecular weight is 481 g/mol. The lowest BCUT2D eigenvalue weighted by molar-refractivity contribution is -0.140. The Morgan fingerprint density at radius 3 is 2.50 bits per heavy atom. The third-order valence-corrected chi connectivity index (χ3v) is 6.57. The number of ketones is 1. The normalized spacial score (nSPS) is 18.2. The lowest BCUT2D eigenvalue weighted by atomic mass is 9.91. The topological polar surface area (TPSA) is 76.1 Å². The Hall–Kier alpha value is -4.65. The first-order chi connectivity index (χ1) is 17.5. The highest BCUT2D eigenvalue weighted by Crippen LogP contribution is 2.43. The largest absolute Gasteiger partial charge is 0.507 e. The first-order valence-electron chi connectivity index (χ1n) is 11.4. The van der Waals surface area contributed by atoms with Gasteiger partial charge in [-0.25, -0.2) is 4.39 Å². The first-order valence-corrected chi connectivity index (χ1v) is 11.4. The van der Waals surface area contributed by atoms with E-state index in [4.69, 9.17) is 9.47 Å². The zero-order chi connectivity index (χ0) is 24.8. The fraction of sp³-hybridized carbons (Fsp3) is 0.103. The van der Waals surface area contributed by atoms with E-state index in [-0.39, 0.29) is 24.7 Å². The number of fused-ring (bicyclic) bond motifs is 2. The summed E-state index contributed by atoms with van der Waals surface area (Å²) in [6.45, 7) is 0.133. The summed E-state index contributed by atoms with van der Waals surface area (Å²) in [5.41, 5.74) is 1.69. The van der Waals surface area contributed by atoms with E-state index in [1.807, 2.05) is 42.5 Å². The Labute approximate surface area is 205 Å². The molecule has 178 valence electrons. The van der Waals surface area contributed by atoms with Crippen LogP contribution in [-0.2, 0) is 16.1 Å². The maximum absolute atomic E-state index is 13.5. The van der Waals surface area contributed by atoms with Crippen LogP contribution in [0.1, 0.15) is 22.7 Å². The van der Waals surface area contributed by atoms with Crippen molar-refractivity contribution in [3.05, 3.63) is 113 Å². The summed E-state index contributed by atoms with van der Waals surface area (Å²) in [5, 5.41) is 13.2. The summed E-state index contributed by atoms with van der Waals surface area (Å²) in [6, 6.07) is 23.1. The van der Waals surface area contributed by atoms with Crippen LogP contribution in [-0.4, -0.2) is 28.5 Å². The monoisotopic (exact) mass is 481 g/mol. The number of amides is 1. The molecule has 7 heteroatoms. The second-order valence-electron chi connectivity index (χ2n) is 8.69. The minimum Gasteiger partial charge on any atom is -0.507 e. The van der Waals surface area contributed by atoms with Gasteiger partial charge in [0.05, 0.1) is 11.6 Å². The SMILES string of the molecule is O=C1C(=O)N(Cc2ccc(F)cc2)C(c2cccc3ccccc23)/C1=C(/O)c1ccc2c(c1)OCO2. The Balaban J connectivity index is 1.54. The van der Waals surface area contributed by atoms with Crippen LogP contribution in [0.2, 0.25) is 0 Å². The lowest BCUT2D eigenvalue weighted by Crippen LogP contribution is -2.29. The van der Waals surface area contributed by atoms with Crippen molar-refractivity contribution in [2.45, 2.75) is 12.6 Å². The molecule has 1 amide bonds. The molecule has 2 aliphatic heterocycles. The minimum atomic E-state index is -0.855. The van der Waals surface area contributed by atoms with Crippen molar-refractivity contribution in [2.24, 2.45) is 0 Å². The summed E-state index contributed by atoms with van der Waals surface area (Å²) in [6.07, 6.45) is 0. The second kappa shape index (κ2) is 8.53. The van der Waals surface area contributed by atoms with Gasteiger partial charge < -0.3 is 19.5 Å². The molecule has 0 aliphatic carbocycles. The van der Waals surface area contributed by atoms with E-state index in [9.17, 15) is 19.1 Å². The molecule has 0 saturated carbocycles. The highest BCUT2D eigenvalue weighted by Gasteiger charge is 2.46. The molecule has 1 atom stereocenters. The number of nitrogens with zero attached hydrogens (tertiary/aromatic N) is 1. The number of hydrogen-bond acceptors (Lipinski definition) is 5. The molecule has 2 heterocycles. The van der Waals surface area contributed by atoms with E-state index in [1.165, 1.54) is 17.0 Å². The van der Waals surface area contributed by atoms with Gasteiger partial charge in [-0.2, -0.15) is 0 Å². The molecule has 1 fully saturated rings. The predicted molar refractivity (Wildman–Crippen MR) is 131 cm³/mol. The van der Waals surface area contributed by atoms with Crippen molar-refractivity contribution < 1.29 is 28.6 Å². The Morgan fingerprint density at radius 1 is 0.917 bits per heavy atom. The van der Waals surface area contributed by atoms with Crippen molar-refractivity contribution in [3.63, 3.8) is 0 Å². The molecule has 2 aliphatic rings.